The molecule has 0 unspecified atom stereocenters. The minimum absolute atomic E-state index is 0.114. The maximum absolute atomic E-state index is 13.9. The largest absolute Gasteiger partial charge is 0.337 e. The molecular weight excluding hydrogens is 462 g/mol. The van der Waals surface area contributed by atoms with Crippen LogP contribution < -0.4 is 5.43 Å². The number of thiophene rings is 1. The van der Waals surface area contributed by atoms with Gasteiger partial charge in [0, 0.05) is 53.2 Å². The molecule has 0 aliphatic carbocycles. The van der Waals surface area contributed by atoms with E-state index >= 15 is 0 Å². The summed E-state index contributed by atoms with van der Waals surface area (Å²) in [6, 6.07) is 12.5. The predicted molar refractivity (Wildman–Crippen MR) is 141 cm³/mol. The fourth-order valence-corrected chi connectivity index (χ4v) is 7.50. The van der Waals surface area contributed by atoms with E-state index in [9.17, 15) is 9.59 Å². The van der Waals surface area contributed by atoms with Crippen molar-refractivity contribution in [2.45, 2.75) is 49.8 Å². The van der Waals surface area contributed by atoms with Crippen LogP contribution in [0.15, 0.2) is 56.8 Å². The Hall–Kier alpha value is -2.35. The lowest BCUT2D eigenvalue weighted by atomic mass is 10.0. The van der Waals surface area contributed by atoms with Crippen LogP contribution in [0.25, 0.3) is 5.69 Å². The van der Waals surface area contributed by atoms with Crippen LogP contribution in [0, 0.1) is 6.92 Å². The van der Waals surface area contributed by atoms with Crippen molar-refractivity contribution in [1.29, 1.82) is 0 Å². The molecule has 5 nitrogen and oxygen atoms in total. The first-order chi connectivity index (χ1) is 16.5. The van der Waals surface area contributed by atoms with Crippen LogP contribution in [0.3, 0.4) is 0 Å². The van der Waals surface area contributed by atoms with E-state index in [2.05, 4.69) is 58.3 Å². The minimum atomic E-state index is -0.159. The Morgan fingerprint density at radius 3 is 2.71 bits per heavy atom. The fourth-order valence-electron chi connectivity index (χ4n) is 5.43. The van der Waals surface area contributed by atoms with Crippen molar-refractivity contribution < 1.29 is 4.79 Å². The first-order valence-electron chi connectivity index (χ1n) is 12.1. The number of fused-ring (bicyclic) bond motifs is 3. The van der Waals surface area contributed by atoms with Gasteiger partial charge in [-0.3, -0.25) is 14.5 Å². The summed E-state index contributed by atoms with van der Waals surface area (Å²) in [6.45, 7) is 9.64. The smallest absolute Gasteiger partial charge is 0.259 e. The zero-order valence-corrected chi connectivity index (χ0v) is 21.6. The van der Waals surface area contributed by atoms with Crippen molar-refractivity contribution in [2.75, 3.05) is 26.2 Å². The van der Waals surface area contributed by atoms with E-state index in [0.29, 0.717) is 31.1 Å². The van der Waals surface area contributed by atoms with E-state index < -0.39 is 0 Å². The SMILES string of the molecule is CCN(CC)[C@@H]1CCN(C(=O)c2c3n(c(C)cc2=O)-c2ccccc2S[C@@H](c2ccsc2)C3)C1. The molecule has 34 heavy (non-hydrogen) atoms. The average molecular weight is 494 g/mol. The number of carbonyl (C=O) groups excluding carboxylic acids is 1. The monoisotopic (exact) mass is 493 g/mol. The molecule has 1 aromatic carbocycles. The number of benzene rings is 1. The van der Waals surface area contributed by atoms with Crippen molar-refractivity contribution in [3.05, 3.63) is 79.9 Å². The van der Waals surface area contributed by atoms with Crippen molar-refractivity contribution in [1.82, 2.24) is 14.4 Å². The highest BCUT2D eigenvalue weighted by molar-refractivity contribution is 7.99. The number of aryl methyl sites for hydroxylation is 1. The number of hydrogen-bond acceptors (Lipinski definition) is 5. The number of carbonyl (C=O) groups is 1. The first-order valence-corrected chi connectivity index (χ1v) is 13.9. The minimum Gasteiger partial charge on any atom is -0.337 e. The molecule has 5 rings (SSSR count). The highest BCUT2D eigenvalue weighted by Gasteiger charge is 2.34. The summed E-state index contributed by atoms with van der Waals surface area (Å²) in [6.07, 6.45) is 1.60. The third kappa shape index (κ3) is 4.14. The lowest BCUT2D eigenvalue weighted by Crippen LogP contribution is -2.40. The van der Waals surface area contributed by atoms with Crippen molar-refractivity contribution in [3.63, 3.8) is 0 Å². The van der Waals surface area contributed by atoms with Crippen molar-refractivity contribution in [2.24, 2.45) is 0 Å². The Bertz CT molecular complexity index is 1250. The number of pyridine rings is 1. The first kappa shape index (κ1) is 23.4. The lowest BCUT2D eigenvalue weighted by molar-refractivity contribution is 0.0774. The van der Waals surface area contributed by atoms with E-state index in [1.54, 1.807) is 17.4 Å². The third-order valence-corrected chi connectivity index (χ3v) is 9.18. The third-order valence-electron chi connectivity index (χ3n) is 7.16. The summed E-state index contributed by atoms with van der Waals surface area (Å²) in [5.74, 6) is -0.114. The molecular formula is C27H31N3O2S2. The number of para-hydroxylation sites is 1. The van der Waals surface area contributed by atoms with Gasteiger partial charge in [0.15, 0.2) is 5.43 Å². The molecule has 3 aromatic rings. The summed E-state index contributed by atoms with van der Waals surface area (Å²) >= 11 is 3.51. The number of likely N-dealkylation sites (N-methyl/N-ethyl adjacent to an activating group) is 1. The molecule has 0 saturated carbocycles. The summed E-state index contributed by atoms with van der Waals surface area (Å²) < 4.78 is 2.15. The maximum atomic E-state index is 13.9. The van der Waals surface area contributed by atoms with Gasteiger partial charge in [0.05, 0.1) is 5.69 Å². The van der Waals surface area contributed by atoms with Crippen LogP contribution >= 0.6 is 23.1 Å². The van der Waals surface area contributed by atoms with Gasteiger partial charge in [-0.1, -0.05) is 26.0 Å². The van der Waals surface area contributed by atoms with Crippen LogP contribution in [0.5, 0.6) is 0 Å². The number of amides is 1. The van der Waals surface area contributed by atoms with E-state index in [-0.39, 0.29) is 16.6 Å². The Morgan fingerprint density at radius 1 is 1.18 bits per heavy atom. The van der Waals surface area contributed by atoms with Crippen LogP contribution in [-0.4, -0.2) is 52.5 Å². The average Bonchev–Trinajstić information content (AvgIpc) is 3.50. The van der Waals surface area contributed by atoms with Crippen LogP contribution in [0.2, 0.25) is 0 Å². The van der Waals surface area contributed by atoms with Gasteiger partial charge in [0.1, 0.15) is 5.56 Å². The van der Waals surface area contributed by atoms with Crippen molar-refractivity contribution in [3.8, 4) is 5.69 Å². The van der Waals surface area contributed by atoms with E-state index in [1.165, 1.54) is 10.5 Å². The quantitative estimate of drug-likeness (QED) is 0.493. The highest BCUT2D eigenvalue weighted by atomic mass is 32.2. The Kier molecular flexibility index (Phi) is 6.69. The molecule has 1 fully saturated rings. The van der Waals surface area contributed by atoms with Crippen LogP contribution in [0.4, 0.5) is 0 Å². The molecule has 7 heteroatoms. The number of hydrogen-bond donors (Lipinski definition) is 0. The number of thioether (sulfide) groups is 1. The molecule has 0 radical (unpaired) electrons. The van der Waals surface area contributed by atoms with Gasteiger partial charge in [0.25, 0.3) is 5.91 Å². The second-order valence-electron chi connectivity index (χ2n) is 9.06. The Labute approximate surface area is 209 Å². The van der Waals surface area contributed by atoms with Crippen molar-refractivity contribution >= 4 is 29.0 Å². The molecule has 2 aromatic heterocycles. The van der Waals surface area contributed by atoms with Gasteiger partial charge >= 0.3 is 0 Å². The van der Waals surface area contributed by atoms with E-state index in [0.717, 1.165) is 36.6 Å². The topological polar surface area (TPSA) is 45.5 Å². The summed E-state index contributed by atoms with van der Waals surface area (Å²) in [7, 11) is 0. The summed E-state index contributed by atoms with van der Waals surface area (Å²) in [4.78, 5) is 32.8. The van der Waals surface area contributed by atoms with Crippen LogP contribution in [-0.2, 0) is 6.42 Å². The maximum Gasteiger partial charge on any atom is 0.259 e. The Morgan fingerprint density at radius 2 is 1.97 bits per heavy atom. The molecule has 178 valence electrons. The molecule has 2 aliphatic rings. The van der Waals surface area contributed by atoms with Gasteiger partial charge < -0.3 is 9.47 Å². The van der Waals surface area contributed by atoms with Gasteiger partial charge in [-0.2, -0.15) is 11.3 Å². The highest BCUT2D eigenvalue weighted by Crippen LogP contribution is 2.44. The Balaban J connectivity index is 1.61. The lowest BCUT2D eigenvalue weighted by Gasteiger charge is -2.26. The number of rotatable bonds is 5. The number of likely N-dealkylation sites (tertiary alicyclic amines) is 1. The molecule has 1 saturated heterocycles. The van der Waals surface area contributed by atoms with Gasteiger partial charge in [-0.05, 0) is 61.0 Å². The number of nitrogens with zero attached hydrogens (tertiary/aromatic N) is 3. The number of aromatic nitrogens is 1. The van der Waals surface area contributed by atoms with E-state index in [4.69, 9.17) is 0 Å². The summed E-state index contributed by atoms with van der Waals surface area (Å²) in [5.41, 5.74) is 4.20. The predicted octanol–water partition coefficient (Wildman–Crippen LogP) is 5.15. The van der Waals surface area contributed by atoms with E-state index in [1.807, 2.05) is 29.7 Å². The van der Waals surface area contributed by atoms with Crippen LogP contribution in [0.1, 0.15) is 52.8 Å². The van der Waals surface area contributed by atoms with Gasteiger partial charge in [0.2, 0.25) is 0 Å². The molecule has 0 spiro atoms. The molecule has 4 heterocycles. The second-order valence-corrected chi connectivity index (χ2v) is 11.1. The second kappa shape index (κ2) is 9.72. The zero-order chi connectivity index (χ0) is 23.8. The van der Waals surface area contributed by atoms with Gasteiger partial charge in [-0.25, -0.2) is 0 Å². The normalized spacial score (nSPS) is 19.7. The van der Waals surface area contributed by atoms with Gasteiger partial charge in [-0.15, -0.1) is 11.8 Å². The standard InChI is InChI=1S/C27H31N3O2S2/c1-4-28(5-2)20-10-12-29(16-20)27(32)26-22-15-25(19-11-13-33-17-19)34-24-9-7-6-8-21(24)30(22)18(3)14-23(26)31/h6-9,11,13-14,17,20,25H,4-5,10,12,15-16H2,1-3H3/t20-,25-/m1/s1. The molecule has 2 aliphatic heterocycles. The molecule has 0 bridgehead atoms. The fraction of sp³-hybridized carbons (Fsp3) is 0.407. The zero-order valence-electron chi connectivity index (χ0n) is 20.0. The molecule has 1 amide bonds. The molecule has 0 N–H and O–H groups in total. The summed E-state index contributed by atoms with van der Waals surface area (Å²) in [5, 5.41) is 4.43. The molecule has 2 atom stereocenters.